The van der Waals surface area contributed by atoms with E-state index in [2.05, 4.69) is 5.32 Å². The molecule has 0 aliphatic carbocycles. The van der Waals surface area contributed by atoms with E-state index in [4.69, 9.17) is 4.55 Å². The molecular weight excluding hydrogens is 376 g/mol. The van der Waals surface area contributed by atoms with Crippen LogP contribution in [0.3, 0.4) is 0 Å². The lowest BCUT2D eigenvalue weighted by molar-refractivity contribution is -0.384. The molecule has 0 unspecified atom stereocenters. The fraction of sp³-hybridized carbons (Fsp3) is 0.0588. The van der Waals surface area contributed by atoms with Crippen LogP contribution in [0.5, 0.6) is 5.75 Å². The molecule has 0 heterocycles. The van der Waals surface area contributed by atoms with Crippen LogP contribution in [0.15, 0.2) is 53.4 Å². The van der Waals surface area contributed by atoms with Gasteiger partial charge in [0.25, 0.3) is 15.8 Å². The number of aromatic hydroxyl groups is 1. The molecule has 3 rings (SSSR count). The van der Waals surface area contributed by atoms with E-state index in [0.717, 1.165) is 6.07 Å². The maximum absolute atomic E-state index is 11.3. The van der Waals surface area contributed by atoms with Crippen molar-refractivity contribution in [2.45, 2.75) is 11.5 Å². The summed E-state index contributed by atoms with van der Waals surface area (Å²) in [5.41, 5.74) is 0.519. The van der Waals surface area contributed by atoms with Crippen molar-refractivity contribution < 1.29 is 28.1 Å². The Bertz CT molecular complexity index is 1160. The summed E-state index contributed by atoms with van der Waals surface area (Å²) in [6.45, 7) is -0.589. The van der Waals surface area contributed by atoms with Crippen molar-refractivity contribution in [2.75, 3.05) is 5.32 Å². The highest BCUT2D eigenvalue weighted by Crippen LogP contribution is 2.33. The number of nitro groups is 1. The largest absolute Gasteiger partial charge is 0.507 e. The summed E-state index contributed by atoms with van der Waals surface area (Å²) in [6.07, 6.45) is 0. The van der Waals surface area contributed by atoms with Gasteiger partial charge in [0.05, 0.1) is 9.82 Å². The number of hydrogen-bond acceptors (Lipinski definition) is 6. The third-order valence-corrected chi connectivity index (χ3v) is 4.74. The number of nitrogens with zero attached hydrogens (tertiary/aromatic N) is 1. The maximum Gasteiger partial charge on any atom is 0.294 e. The smallest absolute Gasteiger partial charge is 0.294 e. The molecular formula is C17H13N2O7S. The molecule has 0 amide bonds. The highest BCUT2D eigenvalue weighted by atomic mass is 32.2. The minimum atomic E-state index is -4.51. The fourth-order valence-corrected chi connectivity index (χ4v) is 3.17. The molecule has 0 saturated heterocycles. The standard InChI is InChI=1S/C17H13N2O7S/c20-9-10-1-4-15(16(5-10)19(22)23)18-12-2-3-14-11(6-12)7-13(8-17(14)21)27(24,25)26/h1-8,18,21H,9H2,(H,24,25,26). The van der Waals surface area contributed by atoms with E-state index in [-0.39, 0.29) is 22.7 Å². The van der Waals surface area contributed by atoms with Gasteiger partial charge in [0.15, 0.2) is 0 Å². The Morgan fingerprint density at radius 3 is 2.44 bits per heavy atom. The zero-order valence-electron chi connectivity index (χ0n) is 13.6. The first-order valence-corrected chi connectivity index (χ1v) is 9.00. The highest BCUT2D eigenvalue weighted by Gasteiger charge is 2.16. The SMILES string of the molecule is [O]Cc1ccc(Nc2ccc3c(O)cc(S(=O)(=O)O)cc3c2)c([N+](=O)[O-])c1. The first-order chi connectivity index (χ1) is 12.7. The van der Waals surface area contributed by atoms with Gasteiger partial charge in [-0.3, -0.25) is 14.7 Å². The molecule has 0 aromatic heterocycles. The van der Waals surface area contributed by atoms with E-state index in [9.17, 15) is 28.7 Å². The minimum absolute atomic E-state index is 0.145. The van der Waals surface area contributed by atoms with Gasteiger partial charge in [-0.25, -0.2) is 5.11 Å². The number of fused-ring (bicyclic) bond motifs is 1. The van der Waals surface area contributed by atoms with E-state index in [1.165, 1.54) is 36.4 Å². The van der Waals surface area contributed by atoms with Gasteiger partial charge in [-0.05, 0) is 41.3 Å². The molecule has 3 aromatic rings. The monoisotopic (exact) mass is 389 g/mol. The molecule has 3 N–H and O–H groups in total. The van der Waals surface area contributed by atoms with Crippen molar-refractivity contribution in [3.63, 3.8) is 0 Å². The number of phenols is 1. The molecule has 27 heavy (non-hydrogen) atoms. The predicted molar refractivity (Wildman–Crippen MR) is 96.2 cm³/mol. The molecule has 0 atom stereocenters. The Balaban J connectivity index is 2.07. The molecule has 0 aliphatic rings. The van der Waals surface area contributed by atoms with Gasteiger partial charge in [0.1, 0.15) is 18.0 Å². The van der Waals surface area contributed by atoms with Crippen LogP contribution < -0.4 is 5.32 Å². The molecule has 10 heteroatoms. The molecule has 0 spiro atoms. The quantitative estimate of drug-likeness (QED) is 0.344. The summed E-state index contributed by atoms with van der Waals surface area (Å²) in [5, 5.41) is 35.6. The summed E-state index contributed by atoms with van der Waals surface area (Å²) < 4.78 is 31.8. The van der Waals surface area contributed by atoms with Crippen molar-refractivity contribution in [3.8, 4) is 5.75 Å². The Kier molecular flexibility index (Phi) is 4.70. The third kappa shape index (κ3) is 3.82. The van der Waals surface area contributed by atoms with Gasteiger partial charge >= 0.3 is 0 Å². The van der Waals surface area contributed by atoms with Gasteiger partial charge in [-0.2, -0.15) is 8.42 Å². The van der Waals surface area contributed by atoms with Crippen LogP contribution in [0.25, 0.3) is 10.8 Å². The summed E-state index contributed by atoms with van der Waals surface area (Å²) in [5.74, 6) is -0.336. The van der Waals surface area contributed by atoms with Crippen molar-refractivity contribution in [3.05, 3.63) is 64.2 Å². The molecule has 1 radical (unpaired) electrons. The second kappa shape index (κ2) is 6.83. The lowest BCUT2D eigenvalue weighted by Gasteiger charge is -2.10. The zero-order valence-corrected chi connectivity index (χ0v) is 14.4. The minimum Gasteiger partial charge on any atom is -0.507 e. The molecule has 0 bridgehead atoms. The van der Waals surface area contributed by atoms with Crippen LogP contribution in [0.2, 0.25) is 0 Å². The number of nitro benzene ring substituents is 1. The lowest BCUT2D eigenvalue weighted by Crippen LogP contribution is -1.99. The number of anilines is 2. The number of benzene rings is 3. The maximum atomic E-state index is 11.3. The fourth-order valence-electron chi connectivity index (χ4n) is 2.63. The van der Waals surface area contributed by atoms with Gasteiger partial charge in [0, 0.05) is 23.2 Å². The number of nitrogens with one attached hydrogen (secondary N) is 1. The van der Waals surface area contributed by atoms with Gasteiger partial charge in [0.2, 0.25) is 0 Å². The molecule has 0 saturated carbocycles. The van der Waals surface area contributed by atoms with Crippen LogP contribution in [-0.4, -0.2) is 23.0 Å². The second-order valence-electron chi connectivity index (χ2n) is 5.73. The molecule has 9 nitrogen and oxygen atoms in total. The van der Waals surface area contributed by atoms with Gasteiger partial charge in [-0.15, -0.1) is 0 Å². The van der Waals surface area contributed by atoms with Crippen molar-refractivity contribution in [1.82, 2.24) is 0 Å². The van der Waals surface area contributed by atoms with E-state index in [1.807, 2.05) is 0 Å². The molecule has 0 aliphatic heterocycles. The summed E-state index contributed by atoms with van der Waals surface area (Å²) >= 11 is 0. The molecule has 139 valence electrons. The van der Waals surface area contributed by atoms with Crippen LogP contribution in [-0.2, 0) is 21.8 Å². The average molecular weight is 389 g/mol. The predicted octanol–water partition coefficient (Wildman–Crippen LogP) is 3.37. The number of rotatable bonds is 5. The molecule has 3 aromatic carbocycles. The summed E-state index contributed by atoms with van der Waals surface area (Å²) in [4.78, 5) is 10.1. The lowest BCUT2D eigenvalue weighted by atomic mass is 10.1. The number of phenolic OH excluding ortho intramolecular Hbond substituents is 1. The van der Waals surface area contributed by atoms with Crippen LogP contribution >= 0.6 is 0 Å². The van der Waals surface area contributed by atoms with Crippen LogP contribution in [0.4, 0.5) is 17.1 Å². The van der Waals surface area contributed by atoms with Crippen molar-refractivity contribution in [1.29, 1.82) is 0 Å². The average Bonchev–Trinajstić information content (AvgIpc) is 2.60. The molecule has 0 fully saturated rings. The van der Waals surface area contributed by atoms with Crippen molar-refractivity contribution in [2.24, 2.45) is 0 Å². The topological polar surface area (TPSA) is 150 Å². The second-order valence-corrected chi connectivity index (χ2v) is 7.15. The first kappa shape index (κ1) is 18.6. The van der Waals surface area contributed by atoms with E-state index in [0.29, 0.717) is 16.5 Å². The van der Waals surface area contributed by atoms with E-state index < -0.39 is 26.5 Å². The van der Waals surface area contributed by atoms with E-state index >= 15 is 0 Å². The van der Waals surface area contributed by atoms with E-state index in [1.54, 1.807) is 6.07 Å². The Hall–Kier alpha value is -3.21. The summed E-state index contributed by atoms with van der Waals surface area (Å²) in [7, 11) is -4.51. The normalized spacial score (nSPS) is 11.5. The number of hydrogen-bond donors (Lipinski definition) is 3. The summed E-state index contributed by atoms with van der Waals surface area (Å²) in [6, 6.07) is 10.7. The Labute approximate surface area is 153 Å². The van der Waals surface area contributed by atoms with Crippen LogP contribution in [0, 0.1) is 10.1 Å². The highest BCUT2D eigenvalue weighted by molar-refractivity contribution is 7.85. The Morgan fingerprint density at radius 2 is 1.81 bits per heavy atom. The van der Waals surface area contributed by atoms with Crippen LogP contribution in [0.1, 0.15) is 5.56 Å². The first-order valence-electron chi connectivity index (χ1n) is 7.56. The Morgan fingerprint density at radius 1 is 1.07 bits per heavy atom. The zero-order chi connectivity index (χ0) is 19.8. The van der Waals surface area contributed by atoms with Crippen molar-refractivity contribution >= 4 is 38.0 Å². The van der Waals surface area contributed by atoms with Gasteiger partial charge in [-0.1, -0.05) is 6.07 Å². The third-order valence-electron chi connectivity index (χ3n) is 3.91. The van der Waals surface area contributed by atoms with Gasteiger partial charge < -0.3 is 10.4 Å².